The molecule has 146 valence electrons. The van der Waals surface area contributed by atoms with Crippen LogP contribution in [0.3, 0.4) is 0 Å². The highest BCUT2D eigenvalue weighted by Crippen LogP contribution is 2.29. The second-order valence-electron chi connectivity index (χ2n) is 5.86. The average molecular weight is 390 g/mol. The van der Waals surface area contributed by atoms with Crippen LogP contribution in [0.4, 0.5) is 19.0 Å². The first-order valence-electron chi connectivity index (χ1n) is 8.36. The molecule has 0 unspecified atom stereocenters. The third-order valence-electron chi connectivity index (χ3n) is 3.92. The molecule has 0 bridgehead atoms. The molecule has 28 heavy (non-hydrogen) atoms. The van der Waals surface area contributed by atoms with Crippen molar-refractivity contribution >= 4 is 11.7 Å². The number of nitrogens with one attached hydrogen (secondary N) is 2. The lowest BCUT2D eigenvalue weighted by molar-refractivity contribution is -0.137. The number of aromatic nitrogens is 4. The number of carbonyl (C=O) groups excluding carboxylic acids is 1. The summed E-state index contributed by atoms with van der Waals surface area (Å²) in [7, 11) is 0. The molecule has 0 aliphatic rings. The SMILES string of the molecule is Cc1nccn1-c1cc(NCCNC(=O)c2ccc(C(F)(F)F)cc2)ncn1. The first-order chi connectivity index (χ1) is 13.3. The molecule has 0 saturated heterocycles. The van der Waals surface area contributed by atoms with Crippen LogP contribution in [-0.2, 0) is 6.18 Å². The van der Waals surface area contributed by atoms with Gasteiger partial charge >= 0.3 is 6.18 Å². The highest BCUT2D eigenvalue weighted by Gasteiger charge is 2.30. The van der Waals surface area contributed by atoms with Crippen molar-refractivity contribution in [2.75, 3.05) is 18.4 Å². The average Bonchev–Trinajstić information content (AvgIpc) is 3.11. The van der Waals surface area contributed by atoms with Crippen LogP contribution in [0.1, 0.15) is 21.7 Å². The van der Waals surface area contributed by atoms with Gasteiger partial charge in [-0.3, -0.25) is 9.36 Å². The van der Waals surface area contributed by atoms with Crippen molar-refractivity contribution in [1.29, 1.82) is 0 Å². The second kappa shape index (κ2) is 8.07. The number of alkyl halides is 3. The van der Waals surface area contributed by atoms with Gasteiger partial charge in [0.05, 0.1) is 5.56 Å². The number of halogens is 3. The van der Waals surface area contributed by atoms with Crippen LogP contribution in [0.2, 0.25) is 0 Å². The molecule has 1 aromatic carbocycles. The summed E-state index contributed by atoms with van der Waals surface area (Å²) in [6, 6.07) is 5.80. The molecule has 0 aliphatic heterocycles. The molecule has 2 N–H and O–H groups in total. The second-order valence-corrected chi connectivity index (χ2v) is 5.86. The number of nitrogens with zero attached hydrogens (tertiary/aromatic N) is 4. The van der Waals surface area contributed by atoms with Crippen LogP contribution in [0.5, 0.6) is 0 Å². The Hall–Kier alpha value is -3.43. The molecule has 3 aromatic rings. The minimum absolute atomic E-state index is 0.160. The molecule has 2 heterocycles. The number of hydrogen-bond donors (Lipinski definition) is 2. The minimum atomic E-state index is -4.43. The van der Waals surface area contributed by atoms with E-state index in [9.17, 15) is 18.0 Å². The molecule has 0 spiro atoms. The molecule has 0 fully saturated rings. The van der Waals surface area contributed by atoms with Gasteiger partial charge in [0.25, 0.3) is 5.91 Å². The standard InChI is InChI=1S/C18H17F3N6O/c1-12-22-8-9-27(12)16-10-15(25-11-26-16)23-6-7-24-17(28)13-2-4-14(5-3-13)18(19,20)21/h2-5,8-11H,6-7H2,1H3,(H,24,28)(H,23,25,26). The topological polar surface area (TPSA) is 84.7 Å². The number of carbonyl (C=O) groups is 1. The Morgan fingerprint density at radius 2 is 1.86 bits per heavy atom. The predicted molar refractivity (Wildman–Crippen MR) is 96.2 cm³/mol. The van der Waals surface area contributed by atoms with Gasteiger partial charge in [0.15, 0.2) is 0 Å². The smallest absolute Gasteiger partial charge is 0.368 e. The molecule has 0 radical (unpaired) electrons. The van der Waals surface area contributed by atoms with E-state index in [0.717, 1.165) is 30.1 Å². The van der Waals surface area contributed by atoms with E-state index in [2.05, 4.69) is 25.6 Å². The van der Waals surface area contributed by atoms with E-state index in [-0.39, 0.29) is 12.1 Å². The maximum absolute atomic E-state index is 12.5. The Morgan fingerprint density at radius 1 is 1.11 bits per heavy atom. The van der Waals surface area contributed by atoms with E-state index in [4.69, 9.17) is 0 Å². The third kappa shape index (κ3) is 4.64. The maximum atomic E-state index is 12.5. The minimum Gasteiger partial charge on any atom is -0.368 e. The zero-order valence-electron chi connectivity index (χ0n) is 14.9. The van der Waals surface area contributed by atoms with E-state index in [1.165, 1.54) is 6.33 Å². The monoisotopic (exact) mass is 390 g/mol. The Labute approximate surface area is 158 Å². The van der Waals surface area contributed by atoms with Crippen molar-refractivity contribution in [3.8, 4) is 5.82 Å². The number of hydrogen-bond acceptors (Lipinski definition) is 5. The molecule has 0 aliphatic carbocycles. The Kier molecular flexibility index (Phi) is 5.57. The van der Waals surface area contributed by atoms with Crippen LogP contribution in [0, 0.1) is 6.92 Å². The molecular formula is C18H17F3N6O. The molecule has 0 saturated carbocycles. The first-order valence-corrected chi connectivity index (χ1v) is 8.36. The van der Waals surface area contributed by atoms with Crippen LogP contribution in [-0.4, -0.2) is 38.5 Å². The summed E-state index contributed by atoms with van der Waals surface area (Å²) in [4.78, 5) is 24.4. The zero-order chi connectivity index (χ0) is 20.1. The predicted octanol–water partition coefficient (Wildman–Crippen LogP) is 2.83. The van der Waals surface area contributed by atoms with Gasteiger partial charge in [0, 0.05) is 37.1 Å². The van der Waals surface area contributed by atoms with Gasteiger partial charge in [-0.2, -0.15) is 13.2 Å². The number of imidazole rings is 1. The van der Waals surface area contributed by atoms with Gasteiger partial charge in [-0.1, -0.05) is 0 Å². The highest BCUT2D eigenvalue weighted by atomic mass is 19.4. The van der Waals surface area contributed by atoms with Crippen molar-refractivity contribution in [3.63, 3.8) is 0 Å². The summed E-state index contributed by atoms with van der Waals surface area (Å²) < 4.78 is 39.4. The van der Waals surface area contributed by atoms with Gasteiger partial charge < -0.3 is 10.6 Å². The van der Waals surface area contributed by atoms with E-state index < -0.39 is 17.6 Å². The Balaban J connectivity index is 1.51. The molecular weight excluding hydrogens is 373 g/mol. The first kappa shape index (κ1) is 19.3. The number of benzene rings is 1. The largest absolute Gasteiger partial charge is 0.416 e. The number of anilines is 1. The van der Waals surface area contributed by atoms with Gasteiger partial charge in [0.1, 0.15) is 23.8 Å². The van der Waals surface area contributed by atoms with Crippen molar-refractivity contribution in [2.24, 2.45) is 0 Å². The normalized spacial score (nSPS) is 11.3. The van der Waals surface area contributed by atoms with E-state index in [0.29, 0.717) is 18.2 Å². The summed E-state index contributed by atoms with van der Waals surface area (Å²) in [6.45, 7) is 2.50. The molecule has 0 atom stereocenters. The van der Waals surface area contributed by atoms with Crippen molar-refractivity contribution < 1.29 is 18.0 Å². The highest BCUT2D eigenvalue weighted by molar-refractivity contribution is 5.94. The lowest BCUT2D eigenvalue weighted by Crippen LogP contribution is -2.29. The van der Waals surface area contributed by atoms with Crippen molar-refractivity contribution in [3.05, 3.63) is 66.0 Å². The summed E-state index contributed by atoms with van der Waals surface area (Å²) >= 11 is 0. The summed E-state index contributed by atoms with van der Waals surface area (Å²) in [5.74, 6) is 1.56. The quantitative estimate of drug-likeness (QED) is 0.633. The van der Waals surface area contributed by atoms with Crippen LogP contribution >= 0.6 is 0 Å². The lowest BCUT2D eigenvalue weighted by Gasteiger charge is -2.10. The summed E-state index contributed by atoms with van der Waals surface area (Å²) in [6.07, 6.45) is 0.440. The van der Waals surface area contributed by atoms with E-state index in [1.54, 1.807) is 23.0 Å². The van der Waals surface area contributed by atoms with Gasteiger partial charge in [-0.25, -0.2) is 15.0 Å². The zero-order valence-corrected chi connectivity index (χ0v) is 14.9. The van der Waals surface area contributed by atoms with Crippen molar-refractivity contribution in [2.45, 2.75) is 13.1 Å². The Bertz CT molecular complexity index is 952. The maximum Gasteiger partial charge on any atom is 0.416 e. The van der Waals surface area contributed by atoms with Crippen molar-refractivity contribution in [1.82, 2.24) is 24.8 Å². The third-order valence-corrected chi connectivity index (χ3v) is 3.92. The number of rotatable bonds is 6. The number of amides is 1. The van der Waals surface area contributed by atoms with Crippen LogP contribution < -0.4 is 10.6 Å². The van der Waals surface area contributed by atoms with E-state index >= 15 is 0 Å². The van der Waals surface area contributed by atoms with Crippen LogP contribution in [0.15, 0.2) is 49.1 Å². The molecule has 1 amide bonds. The van der Waals surface area contributed by atoms with Crippen LogP contribution in [0.25, 0.3) is 5.82 Å². The molecule has 10 heteroatoms. The van der Waals surface area contributed by atoms with E-state index in [1.807, 2.05) is 6.92 Å². The summed E-state index contributed by atoms with van der Waals surface area (Å²) in [5, 5.41) is 5.69. The number of aryl methyl sites for hydroxylation is 1. The van der Waals surface area contributed by atoms with Gasteiger partial charge in [0.2, 0.25) is 0 Å². The Morgan fingerprint density at radius 3 is 2.50 bits per heavy atom. The molecule has 2 aromatic heterocycles. The van der Waals surface area contributed by atoms with Gasteiger partial charge in [-0.15, -0.1) is 0 Å². The van der Waals surface area contributed by atoms with Gasteiger partial charge in [-0.05, 0) is 31.2 Å². The summed E-state index contributed by atoms with van der Waals surface area (Å²) in [5.41, 5.74) is -0.633. The molecule has 3 rings (SSSR count). The lowest BCUT2D eigenvalue weighted by atomic mass is 10.1. The fraction of sp³-hybridized carbons (Fsp3) is 0.222. The fourth-order valence-electron chi connectivity index (χ4n) is 2.47. The molecule has 7 nitrogen and oxygen atoms in total. The fourth-order valence-corrected chi connectivity index (χ4v) is 2.47.